The fraction of sp³-hybridized carbons (Fsp3) is 0.133. The molecule has 0 saturated carbocycles. The number of rotatable bonds is 7. The van der Waals surface area contributed by atoms with E-state index in [9.17, 15) is 4.79 Å². The van der Waals surface area contributed by atoms with Gasteiger partial charge in [-0.05, 0) is 47.4 Å². The predicted molar refractivity (Wildman–Crippen MR) is 137 cm³/mol. The second-order valence-electron chi connectivity index (χ2n) is 8.61. The molecule has 0 bridgehead atoms. The number of H-pyrrole nitrogens is 1. The molecule has 1 atom stereocenters. The fourth-order valence-electron chi connectivity index (χ4n) is 4.28. The van der Waals surface area contributed by atoms with E-state index in [1.807, 2.05) is 72.5 Å². The number of carbonyl (C=O) groups is 1. The van der Waals surface area contributed by atoms with Gasteiger partial charge in [0.1, 0.15) is 5.82 Å². The van der Waals surface area contributed by atoms with E-state index in [1.54, 1.807) is 0 Å². The first kappa shape index (κ1) is 21.7. The van der Waals surface area contributed by atoms with Crippen LogP contribution in [0.1, 0.15) is 29.8 Å². The number of aromatic amines is 1. The van der Waals surface area contributed by atoms with Crippen molar-refractivity contribution in [3.05, 3.63) is 126 Å². The molecule has 0 radical (unpaired) electrons. The average molecular weight is 446 g/mol. The summed E-state index contributed by atoms with van der Waals surface area (Å²) in [5.41, 5.74) is 6.34. The van der Waals surface area contributed by atoms with Gasteiger partial charge in [-0.3, -0.25) is 4.79 Å². The Hall–Kier alpha value is -4.18. The van der Waals surface area contributed by atoms with Crippen molar-refractivity contribution in [2.45, 2.75) is 25.9 Å². The number of aromatic nitrogens is 2. The van der Waals surface area contributed by atoms with Gasteiger partial charge >= 0.3 is 0 Å². The van der Waals surface area contributed by atoms with Crippen LogP contribution < -0.4 is 0 Å². The van der Waals surface area contributed by atoms with E-state index in [0.717, 1.165) is 27.7 Å². The van der Waals surface area contributed by atoms with Gasteiger partial charge in [0.2, 0.25) is 5.91 Å². The van der Waals surface area contributed by atoms with Crippen LogP contribution in [0.4, 0.5) is 0 Å². The number of hydrogen-bond donors (Lipinski definition) is 1. The van der Waals surface area contributed by atoms with E-state index in [0.29, 0.717) is 18.9 Å². The minimum atomic E-state index is -0.381. The van der Waals surface area contributed by atoms with Crippen LogP contribution in [0.25, 0.3) is 22.2 Å². The molecule has 168 valence electrons. The van der Waals surface area contributed by atoms with Crippen molar-refractivity contribution in [3.8, 4) is 11.1 Å². The summed E-state index contributed by atoms with van der Waals surface area (Å²) in [7, 11) is 0. The van der Waals surface area contributed by atoms with Crippen LogP contribution in [-0.4, -0.2) is 20.8 Å². The molecule has 4 aromatic carbocycles. The summed E-state index contributed by atoms with van der Waals surface area (Å²) in [5.74, 6) is 0.365. The van der Waals surface area contributed by atoms with Crippen LogP contribution in [0.5, 0.6) is 0 Å². The molecule has 4 nitrogen and oxygen atoms in total. The lowest BCUT2D eigenvalue weighted by atomic mass is 10.0. The Bertz CT molecular complexity index is 1360. The lowest BCUT2D eigenvalue weighted by Crippen LogP contribution is -2.33. The Morgan fingerprint density at radius 1 is 0.765 bits per heavy atom. The summed E-state index contributed by atoms with van der Waals surface area (Å²) in [5, 5.41) is 0. The molecule has 5 aromatic rings. The van der Waals surface area contributed by atoms with E-state index in [1.165, 1.54) is 5.56 Å². The molecular weight excluding hydrogens is 418 g/mol. The maximum Gasteiger partial charge on any atom is 0.233 e. The molecule has 1 amide bonds. The van der Waals surface area contributed by atoms with Gasteiger partial charge in [0.15, 0.2) is 0 Å². The summed E-state index contributed by atoms with van der Waals surface area (Å²) in [6.07, 6.45) is 0. The first-order valence-electron chi connectivity index (χ1n) is 11.6. The van der Waals surface area contributed by atoms with E-state index in [-0.39, 0.29) is 11.8 Å². The Labute approximate surface area is 199 Å². The highest BCUT2D eigenvalue weighted by Crippen LogP contribution is 2.24. The van der Waals surface area contributed by atoms with Gasteiger partial charge in [0, 0.05) is 13.1 Å². The average Bonchev–Trinajstić information content (AvgIpc) is 3.33. The second kappa shape index (κ2) is 9.75. The molecule has 0 spiro atoms. The van der Waals surface area contributed by atoms with E-state index in [2.05, 4.69) is 58.5 Å². The van der Waals surface area contributed by atoms with Crippen LogP contribution in [0, 0.1) is 0 Å². The van der Waals surface area contributed by atoms with Gasteiger partial charge < -0.3 is 9.88 Å². The standard InChI is InChI=1S/C30H27N3O/c1-22(29-31-27-17-8-9-18-28(27)32-29)30(34)33(20-23-11-4-2-5-12-23)21-24-13-10-16-26(19-24)25-14-6-3-7-15-25/h2-19,22H,20-21H2,1H3,(H,31,32). The van der Waals surface area contributed by atoms with Gasteiger partial charge in [0.05, 0.1) is 17.0 Å². The van der Waals surface area contributed by atoms with Gasteiger partial charge in [-0.15, -0.1) is 0 Å². The third-order valence-corrected chi connectivity index (χ3v) is 6.12. The van der Waals surface area contributed by atoms with Crippen LogP contribution >= 0.6 is 0 Å². The van der Waals surface area contributed by atoms with Crippen molar-refractivity contribution in [1.29, 1.82) is 0 Å². The number of hydrogen-bond acceptors (Lipinski definition) is 2. The highest BCUT2D eigenvalue weighted by Gasteiger charge is 2.25. The molecule has 0 saturated heterocycles. The topological polar surface area (TPSA) is 49.0 Å². The third-order valence-electron chi connectivity index (χ3n) is 6.12. The molecule has 0 aliphatic rings. The van der Waals surface area contributed by atoms with Crippen LogP contribution in [0.15, 0.2) is 109 Å². The van der Waals surface area contributed by atoms with Crippen molar-refractivity contribution in [3.63, 3.8) is 0 Å². The molecule has 0 aliphatic carbocycles. The number of benzene rings is 4. The highest BCUT2D eigenvalue weighted by molar-refractivity contribution is 5.84. The summed E-state index contributed by atoms with van der Waals surface area (Å²) < 4.78 is 0. The molecule has 0 fully saturated rings. The number of fused-ring (bicyclic) bond motifs is 1. The maximum absolute atomic E-state index is 13.8. The normalized spacial score (nSPS) is 11.9. The third kappa shape index (κ3) is 4.76. The SMILES string of the molecule is CC(C(=O)N(Cc1ccccc1)Cc1cccc(-c2ccccc2)c1)c1nc2ccccc2[nH]1. The van der Waals surface area contributed by atoms with Gasteiger partial charge in [-0.1, -0.05) is 91.0 Å². The van der Waals surface area contributed by atoms with Gasteiger partial charge in [-0.2, -0.15) is 0 Å². The summed E-state index contributed by atoms with van der Waals surface area (Å²) in [6, 6.07) is 36.8. The maximum atomic E-state index is 13.8. The number of amides is 1. The summed E-state index contributed by atoms with van der Waals surface area (Å²) in [6.45, 7) is 3.00. The van der Waals surface area contributed by atoms with Gasteiger partial charge in [0.25, 0.3) is 0 Å². The predicted octanol–water partition coefficient (Wildman–Crippen LogP) is 6.56. The molecule has 4 heteroatoms. The quantitative estimate of drug-likeness (QED) is 0.308. The summed E-state index contributed by atoms with van der Waals surface area (Å²) in [4.78, 5) is 23.7. The molecule has 5 rings (SSSR count). The van der Waals surface area contributed by atoms with E-state index < -0.39 is 0 Å². The van der Waals surface area contributed by atoms with Crippen molar-refractivity contribution < 1.29 is 4.79 Å². The zero-order valence-corrected chi connectivity index (χ0v) is 19.2. The molecule has 1 heterocycles. The fourth-order valence-corrected chi connectivity index (χ4v) is 4.28. The number of nitrogens with zero attached hydrogens (tertiary/aromatic N) is 2. The summed E-state index contributed by atoms with van der Waals surface area (Å²) >= 11 is 0. The molecule has 0 aliphatic heterocycles. The minimum Gasteiger partial charge on any atom is -0.341 e. The molecular formula is C30H27N3O. The highest BCUT2D eigenvalue weighted by atomic mass is 16.2. The smallest absolute Gasteiger partial charge is 0.233 e. The van der Waals surface area contributed by atoms with Crippen LogP contribution in [-0.2, 0) is 17.9 Å². The largest absolute Gasteiger partial charge is 0.341 e. The van der Waals surface area contributed by atoms with Crippen molar-refractivity contribution >= 4 is 16.9 Å². The Morgan fingerprint density at radius 3 is 2.15 bits per heavy atom. The zero-order chi connectivity index (χ0) is 23.3. The zero-order valence-electron chi connectivity index (χ0n) is 19.2. The molecule has 34 heavy (non-hydrogen) atoms. The number of nitrogens with one attached hydrogen (secondary N) is 1. The minimum absolute atomic E-state index is 0.0491. The van der Waals surface area contributed by atoms with Crippen molar-refractivity contribution in [1.82, 2.24) is 14.9 Å². The van der Waals surface area contributed by atoms with Gasteiger partial charge in [-0.25, -0.2) is 4.98 Å². The monoisotopic (exact) mass is 445 g/mol. The van der Waals surface area contributed by atoms with Crippen LogP contribution in [0.2, 0.25) is 0 Å². The van der Waals surface area contributed by atoms with Crippen molar-refractivity contribution in [2.75, 3.05) is 0 Å². The molecule has 1 aromatic heterocycles. The van der Waals surface area contributed by atoms with Crippen molar-refractivity contribution in [2.24, 2.45) is 0 Å². The molecule has 1 N–H and O–H groups in total. The lowest BCUT2D eigenvalue weighted by Gasteiger charge is -2.26. The van der Waals surface area contributed by atoms with E-state index in [4.69, 9.17) is 0 Å². The number of carbonyl (C=O) groups excluding carboxylic acids is 1. The Morgan fingerprint density at radius 2 is 1.38 bits per heavy atom. The molecule has 1 unspecified atom stereocenters. The Kier molecular flexibility index (Phi) is 6.21. The number of para-hydroxylation sites is 2. The van der Waals surface area contributed by atoms with Crippen LogP contribution in [0.3, 0.4) is 0 Å². The first-order chi connectivity index (χ1) is 16.7. The lowest BCUT2D eigenvalue weighted by molar-refractivity contribution is -0.133. The second-order valence-corrected chi connectivity index (χ2v) is 8.61. The Balaban J connectivity index is 1.44. The van der Waals surface area contributed by atoms with E-state index >= 15 is 0 Å². The first-order valence-corrected chi connectivity index (χ1v) is 11.6. The number of imidazole rings is 1.